The van der Waals surface area contributed by atoms with Crippen molar-refractivity contribution in [3.63, 3.8) is 0 Å². The summed E-state index contributed by atoms with van der Waals surface area (Å²) in [5.74, 6) is -0.751. The number of pyridine rings is 2. The molecular weight excluding hydrogens is 252 g/mol. The molecule has 3 unspecified atom stereocenters. The van der Waals surface area contributed by atoms with E-state index in [9.17, 15) is 9.90 Å². The van der Waals surface area contributed by atoms with Crippen molar-refractivity contribution < 1.29 is 9.90 Å². The third-order valence-corrected chi connectivity index (χ3v) is 4.90. The summed E-state index contributed by atoms with van der Waals surface area (Å²) in [5, 5.41) is 9.73. The van der Waals surface area contributed by atoms with Crippen LogP contribution in [-0.4, -0.2) is 21.0 Å². The Kier molecular flexibility index (Phi) is 2.12. The maximum Gasteiger partial charge on any atom is 0.310 e. The lowest BCUT2D eigenvalue weighted by Crippen LogP contribution is -2.44. The zero-order chi connectivity index (χ0) is 13.9. The molecule has 0 aliphatic heterocycles. The normalized spacial score (nSPS) is 29.6. The number of nitrogens with zero attached hydrogens (tertiary/aromatic N) is 2. The number of rotatable bonds is 1. The van der Waals surface area contributed by atoms with Crippen LogP contribution in [0.2, 0.25) is 0 Å². The van der Waals surface area contributed by atoms with Gasteiger partial charge >= 0.3 is 5.97 Å². The minimum atomic E-state index is -0.769. The van der Waals surface area contributed by atoms with E-state index in [1.165, 1.54) is 11.1 Å². The highest BCUT2D eigenvalue weighted by Crippen LogP contribution is 2.60. The van der Waals surface area contributed by atoms with Crippen LogP contribution in [0.3, 0.4) is 0 Å². The Balaban J connectivity index is 2.05. The van der Waals surface area contributed by atoms with Gasteiger partial charge in [0.1, 0.15) is 0 Å². The molecule has 3 aliphatic carbocycles. The van der Waals surface area contributed by atoms with Crippen molar-refractivity contribution >= 4 is 5.97 Å². The second-order valence-electron chi connectivity index (χ2n) is 5.92. The molecule has 2 bridgehead atoms. The second kappa shape index (κ2) is 3.66. The topological polar surface area (TPSA) is 63.1 Å². The molecule has 4 heteroatoms. The van der Waals surface area contributed by atoms with E-state index in [-0.39, 0.29) is 11.8 Å². The van der Waals surface area contributed by atoms with Gasteiger partial charge in [0, 0.05) is 36.6 Å². The number of carboxylic acids is 1. The van der Waals surface area contributed by atoms with Crippen molar-refractivity contribution in [1.29, 1.82) is 0 Å². The first-order valence-electron chi connectivity index (χ1n) is 6.74. The van der Waals surface area contributed by atoms with Crippen LogP contribution in [0.25, 0.3) is 0 Å². The lowest BCUT2D eigenvalue weighted by atomic mass is 9.53. The van der Waals surface area contributed by atoms with E-state index in [1.54, 1.807) is 12.4 Å². The summed E-state index contributed by atoms with van der Waals surface area (Å²) in [5.41, 5.74) is 3.78. The molecule has 20 heavy (non-hydrogen) atoms. The van der Waals surface area contributed by atoms with Crippen LogP contribution in [0.1, 0.15) is 47.4 Å². The summed E-state index contributed by atoms with van der Waals surface area (Å²) in [6.45, 7) is 1.85. The Morgan fingerprint density at radius 2 is 1.80 bits per heavy atom. The van der Waals surface area contributed by atoms with Crippen LogP contribution in [0.4, 0.5) is 0 Å². The molecule has 0 saturated carbocycles. The molecule has 3 aliphatic rings. The van der Waals surface area contributed by atoms with E-state index >= 15 is 0 Å². The van der Waals surface area contributed by atoms with Gasteiger partial charge in [0.2, 0.25) is 0 Å². The molecule has 1 N–H and O–H groups in total. The van der Waals surface area contributed by atoms with Crippen LogP contribution in [0.5, 0.6) is 0 Å². The van der Waals surface area contributed by atoms with Crippen LogP contribution in [0.15, 0.2) is 36.9 Å². The summed E-state index contributed by atoms with van der Waals surface area (Å²) < 4.78 is 0. The third kappa shape index (κ3) is 1.24. The minimum absolute atomic E-state index is 0.114. The van der Waals surface area contributed by atoms with Crippen LogP contribution < -0.4 is 0 Å². The number of carbonyl (C=O) groups is 1. The third-order valence-electron chi connectivity index (χ3n) is 4.90. The van der Waals surface area contributed by atoms with Crippen LogP contribution in [0, 0.1) is 5.41 Å². The van der Waals surface area contributed by atoms with Crippen molar-refractivity contribution in [3.05, 3.63) is 59.2 Å². The van der Waals surface area contributed by atoms with Gasteiger partial charge in [0.15, 0.2) is 0 Å². The molecule has 0 spiro atoms. The minimum Gasteiger partial charge on any atom is -0.481 e. The number of aromatic nitrogens is 2. The van der Waals surface area contributed by atoms with Gasteiger partial charge < -0.3 is 5.11 Å². The van der Waals surface area contributed by atoms with Gasteiger partial charge in [-0.25, -0.2) is 0 Å². The molecule has 0 saturated heterocycles. The number of hydrogen-bond acceptors (Lipinski definition) is 3. The van der Waals surface area contributed by atoms with E-state index in [4.69, 9.17) is 0 Å². The van der Waals surface area contributed by atoms with E-state index in [2.05, 4.69) is 9.97 Å². The Morgan fingerprint density at radius 1 is 1.15 bits per heavy atom. The Morgan fingerprint density at radius 3 is 2.50 bits per heavy atom. The average molecular weight is 266 g/mol. The largest absolute Gasteiger partial charge is 0.481 e. The number of carboxylic acid groups (broad SMARTS) is 1. The molecule has 100 valence electrons. The first kappa shape index (κ1) is 11.6. The van der Waals surface area contributed by atoms with E-state index < -0.39 is 11.4 Å². The Hall–Kier alpha value is -2.23. The molecule has 0 amide bonds. The van der Waals surface area contributed by atoms with Crippen LogP contribution in [-0.2, 0) is 4.79 Å². The predicted octanol–water partition coefficient (Wildman–Crippen LogP) is 2.55. The highest BCUT2D eigenvalue weighted by atomic mass is 16.4. The summed E-state index contributed by atoms with van der Waals surface area (Å²) in [6.07, 6.45) is 7.88. The summed E-state index contributed by atoms with van der Waals surface area (Å²) in [4.78, 5) is 20.3. The SMILES string of the molecule is CC1(C(=O)O)CC2c3cnccc3C1c1cnccc12. The van der Waals surface area contributed by atoms with Gasteiger partial charge in [0.25, 0.3) is 0 Å². The van der Waals surface area contributed by atoms with Crippen LogP contribution >= 0.6 is 0 Å². The molecule has 0 aromatic carbocycles. The van der Waals surface area contributed by atoms with Gasteiger partial charge in [-0.15, -0.1) is 0 Å². The highest BCUT2D eigenvalue weighted by Gasteiger charge is 2.54. The smallest absolute Gasteiger partial charge is 0.310 e. The zero-order valence-corrected chi connectivity index (χ0v) is 11.1. The van der Waals surface area contributed by atoms with E-state index in [0.717, 1.165) is 11.1 Å². The highest BCUT2D eigenvalue weighted by molar-refractivity contribution is 5.79. The molecule has 2 aromatic heterocycles. The molecule has 2 aromatic rings. The fraction of sp³-hybridized carbons (Fsp3) is 0.312. The summed E-state index contributed by atoms with van der Waals surface area (Å²) in [7, 11) is 0. The predicted molar refractivity (Wildman–Crippen MR) is 72.5 cm³/mol. The first-order valence-corrected chi connectivity index (χ1v) is 6.74. The van der Waals surface area contributed by atoms with Gasteiger partial charge in [-0.2, -0.15) is 0 Å². The Bertz CT molecular complexity index is 680. The molecule has 2 heterocycles. The molecule has 0 fully saturated rings. The summed E-state index contributed by atoms with van der Waals surface area (Å²) in [6, 6.07) is 3.98. The first-order chi connectivity index (χ1) is 9.63. The van der Waals surface area contributed by atoms with Crippen molar-refractivity contribution in [3.8, 4) is 0 Å². The number of hydrogen-bond donors (Lipinski definition) is 1. The summed E-state index contributed by atoms with van der Waals surface area (Å²) >= 11 is 0. The number of fused-ring (bicyclic) bond motifs is 1. The quantitative estimate of drug-likeness (QED) is 0.861. The second-order valence-corrected chi connectivity index (χ2v) is 5.92. The molecule has 0 radical (unpaired) electrons. The van der Waals surface area contributed by atoms with Gasteiger partial charge in [-0.05, 0) is 47.7 Å². The zero-order valence-electron chi connectivity index (χ0n) is 11.1. The fourth-order valence-electron chi connectivity index (χ4n) is 3.94. The van der Waals surface area contributed by atoms with Crippen molar-refractivity contribution in [2.45, 2.75) is 25.2 Å². The molecule has 3 atom stereocenters. The molecule has 5 rings (SSSR count). The van der Waals surface area contributed by atoms with Crippen molar-refractivity contribution in [1.82, 2.24) is 9.97 Å². The lowest BCUT2D eigenvalue weighted by Gasteiger charge is -2.49. The number of aliphatic carboxylic acids is 1. The standard InChI is InChI=1S/C16H14N2O2/c1-16(15(19)20)6-11-9-2-4-18-8-13(9)14(16)10-3-5-17-7-12(10)11/h2-5,7-8,11,14H,6H2,1H3,(H,19,20). The van der Waals surface area contributed by atoms with Gasteiger partial charge in [-0.1, -0.05) is 0 Å². The monoisotopic (exact) mass is 266 g/mol. The molecular formula is C16H14N2O2. The maximum absolute atomic E-state index is 11.8. The fourth-order valence-corrected chi connectivity index (χ4v) is 3.94. The van der Waals surface area contributed by atoms with E-state index in [0.29, 0.717) is 6.42 Å². The van der Waals surface area contributed by atoms with E-state index in [1.807, 2.05) is 31.5 Å². The van der Waals surface area contributed by atoms with Crippen molar-refractivity contribution in [2.24, 2.45) is 5.41 Å². The lowest BCUT2D eigenvalue weighted by molar-refractivity contribution is -0.150. The van der Waals surface area contributed by atoms with Gasteiger partial charge in [0.05, 0.1) is 5.41 Å². The maximum atomic E-state index is 11.8. The molecule has 4 nitrogen and oxygen atoms in total. The Labute approximate surface area is 116 Å². The van der Waals surface area contributed by atoms with Crippen molar-refractivity contribution in [2.75, 3.05) is 0 Å². The average Bonchev–Trinajstić information content (AvgIpc) is 2.47. The van der Waals surface area contributed by atoms with Gasteiger partial charge in [-0.3, -0.25) is 14.8 Å².